The van der Waals surface area contributed by atoms with Crippen molar-refractivity contribution in [2.45, 2.75) is 0 Å². The average molecular weight is 217 g/mol. The summed E-state index contributed by atoms with van der Waals surface area (Å²) >= 11 is 0. The lowest BCUT2D eigenvalue weighted by atomic mass is 10.4. The summed E-state index contributed by atoms with van der Waals surface area (Å²) in [6, 6.07) is 6.01. The van der Waals surface area contributed by atoms with E-state index >= 15 is 0 Å². The van der Waals surface area contributed by atoms with E-state index in [2.05, 4.69) is 4.98 Å². The van der Waals surface area contributed by atoms with Gasteiger partial charge in [-0.3, -0.25) is 19.5 Å². The van der Waals surface area contributed by atoms with E-state index in [9.17, 15) is 14.9 Å². The second-order valence-corrected chi connectivity index (χ2v) is 3.02. The summed E-state index contributed by atoms with van der Waals surface area (Å²) in [6.45, 7) is 0. The van der Waals surface area contributed by atoms with Crippen molar-refractivity contribution < 1.29 is 9.72 Å². The van der Waals surface area contributed by atoms with Crippen molar-refractivity contribution in [3.8, 4) is 5.82 Å². The Bertz CT molecular complexity index is 548. The average Bonchev–Trinajstić information content (AvgIpc) is 2.76. The minimum absolute atomic E-state index is 0.137. The number of nitrogens with zero attached hydrogens (tertiary/aromatic N) is 3. The molecule has 6 nitrogen and oxygen atoms in total. The summed E-state index contributed by atoms with van der Waals surface area (Å²) in [5.74, 6) is 0.139. The first-order valence-electron chi connectivity index (χ1n) is 4.46. The Morgan fingerprint density at radius 1 is 1.38 bits per heavy atom. The van der Waals surface area contributed by atoms with Crippen molar-refractivity contribution >= 4 is 12.0 Å². The molecule has 16 heavy (non-hydrogen) atoms. The van der Waals surface area contributed by atoms with Crippen molar-refractivity contribution in [3.05, 3.63) is 52.5 Å². The maximum Gasteiger partial charge on any atom is 0.312 e. The molecule has 2 aromatic rings. The predicted molar refractivity (Wildman–Crippen MR) is 55.6 cm³/mol. The van der Waals surface area contributed by atoms with Crippen LogP contribution in [0, 0.1) is 10.1 Å². The first kappa shape index (κ1) is 10.0. The topological polar surface area (TPSA) is 78.0 Å². The van der Waals surface area contributed by atoms with E-state index in [4.69, 9.17) is 0 Å². The number of hydrogen-bond acceptors (Lipinski definition) is 4. The third-order valence-corrected chi connectivity index (χ3v) is 2.09. The summed E-state index contributed by atoms with van der Waals surface area (Å²) in [7, 11) is 0. The lowest BCUT2D eigenvalue weighted by Gasteiger charge is -2.04. The monoisotopic (exact) mass is 217 g/mol. The van der Waals surface area contributed by atoms with Gasteiger partial charge in [0, 0.05) is 18.5 Å². The summed E-state index contributed by atoms with van der Waals surface area (Å²) in [5.41, 5.74) is 0.184. The van der Waals surface area contributed by atoms with E-state index in [0.717, 1.165) is 0 Å². The van der Waals surface area contributed by atoms with Gasteiger partial charge in [-0.05, 0) is 18.2 Å². The van der Waals surface area contributed by atoms with Crippen molar-refractivity contribution in [3.63, 3.8) is 0 Å². The van der Waals surface area contributed by atoms with Crippen LogP contribution in [0.1, 0.15) is 10.5 Å². The molecule has 2 aromatic heterocycles. The number of carbonyl (C=O) groups is 1. The Kier molecular flexibility index (Phi) is 2.47. The van der Waals surface area contributed by atoms with Gasteiger partial charge < -0.3 is 0 Å². The number of rotatable bonds is 3. The summed E-state index contributed by atoms with van der Waals surface area (Å²) in [6.07, 6.45) is 3.62. The molecule has 2 heterocycles. The fourth-order valence-corrected chi connectivity index (χ4v) is 1.40. The van der Waals surface area contributed by atoms with Gasteiger partial charge in [-0.2, -0.15) is 0 Å². The molecule has 2 rings (SSSR count). The Balaban J connectivity index is 2.64. The molecule has 0 N–H and O–H groups in total. The van der Waals surface area contributed by atoms with Crippen molar-refractivity contribution in [2.75, 3.05) is 0 Å². The van der Waals surface area contributed by atoms with Gasteiger partial charge >= 0.3 is 5.69 Å². The van der Waals surface area contributed by atoms with Crippen LogP contribution in [0.4, 0.5) is 5.69 Å². The van der Waals surface area contributed by atoms with Crippen LogP contribution in [-0.2, 0) is 0 Å². The molecule has 0 saturated carbocycles. The summed E-state index contributed by atoms with van der Waals surface area (Å²) < 4.78 is 1.38. The van der Waals surface area contributed by atoms with Crippen LogP contribution >= 0.6 is 0 Å². The first-order valence-corrected chi connectivity index (χ1v) is 4.46. The molecule has 0 aliphatic carbocycles. The molecule has 0 unspecified atom stereocenters. The highest BCUT2D eigenvalue weighted by molar-refractivity contribution is 5.74. The van der Waals surface area contributed by atoms with Gasteiger partial charge in [0.25, 0.3) is 0 Å². The molecule has 0 fully saturated rings. The van der Waals surface area contributed by atoms with Gasteiger partial charge in [0.2, 0.25) is 5.82 Å². The van der Waals surface area contributed by atoms with Crippen LogP contribution in [0.3, 0.4) is 0 Å². The smallest absolute Gasteiger partial charge is 0.296 e. The number of hydrogen-bond donors (Lipinski definition) is 0. The van der Waals surface area contributed by atoms with Crippen LogP contribution in [0.15, 0.2) is 36.7 Å². The van der Waals surface area contributed by atoms with Gasteiger partial charge in [0.1, 0.15) is 0 Å². The maximum atomic E-state index is 10.8. The summed E-state index contributed by atoms with van der Waals surface area (Å²) in [4.78, 5) is 24.9. The normalized spacial score (nSPS) is 10.0. The van der Waals surface area contributed by atoms with E-state index in [1.54, 1.807) is 18.3 Å². The molecule has 0 amide bonds. The highest BCUT2D eigenvalue weighted by Gasteiger charge is 2.17. The van der Waals surface area contributed by atoms with Gasteiger partial charge in [-0.25, -0.2) is 4.98 Å². The highest BCUT2D eigenvalue weighted by Crippen LogP contribution is 2.20. The van der Waals surface area contributed by atoms with E-state index < -0.39 is 4.92 Å². The second kappa shape index (κ2) is 3.93. The third kappa shape index (κ3) is 1.56. The van der Waals surface area contributed by atoms with Crippen LogP contribution in [0.5, 0.6) is 0 Å². The molecule has 0 atom stereocenters. The molecule has 0 saturated heterocycles. The lowest BCUT2D eigenvalue weighted by molar-refractivity contribution is -0.384. The van der Waals surface area contributed by atoms with Gasteiger partial charge in [-0.15, -0.1) is 0 Å². The fourth-order valence-electron chi connectivity index (χ4n) is 1.40. The SMILES string of the molecule is O=Cc1cccn1-c1ncccc1[N+](=O)[O-]. The molecule has 6 heteroatoms. The fraction of sp³-hybridized carbons (Fsp3) is 0. The number of aromatic nitrogens is 2. The predicted octanol–water partition coefficient (Wildman–Crippen LogP) is 1.59. The first-order chi connectivity index (χ1) is 7.74. The Labute approximate surface area is 90.3 Å². The molecule has 0 bridgehead atoms. The van der Waals surface area contributed by atoms with Crippen molar-refractivity contribution in [2.24, 2.45) is 0 Å². The van der Waals surface area contributed by atoms with E-state index in [1.165, 1.54) is 22.9 Å². The van der Waals surface area contributed by atoms with Gasteiger partial charge in [0.15, 0.2) is 6.29 Å². The zero-order valence-corrected chi connectivity index (χ0v) is 8.11. The molecule has 0 aliphatic rings. The van der Waals surface area contributed by atoms with E-state index in [-0.39, 0.29) is 11.5 Å². The third-order valence-electron chi connectivity index (χ3n) is 2.09. The maximum absolute atomic E-state index is 10.8. The second-order valence-electron chi connectivity index (χ2n) is 3.02. The zero-order valence-electron chi connectivity index (χ0n) is 8.11. The quantitative estimate of drug-likeness (QED) is 0.444. The molecule has 0 aliphatic heterocycles. The zero-order chi connectivity index (χ0) is 11.5. The van der Waals surface area contributed by atoms with Crippen LogP contribution < -0.4 is 0 Å². The van der Waals surface area contributed by atoms with Gasteiger partial charge in [-0.1, -0.05) is 0 Å². The molecular weight excluding hydrogens is 210 g/mol. The highest BCUT2D eigenvalue weighted by atomic mass is 16.6. The van der Waals surface area contributed by atoms with Crippen LogP contribution in [0.25, 0.3) is 5.82 Å². The van der Waals surface area contributed by atoms with Crippen LogP contribution in [-0.4, -0.2) is 20.8 Å². The number of aldehydes is 1. The molecule has 0 aromatic carbocycles. The minimum atomic E-state index is -0.531. The van der Waals surface area contributed by atoms with Crippen LogP contribution in [0.2, 0.25) is 0 Å². The molecule has 80 valence electrons. The molecule has 0 spiro atoms. The number of carbonyl (C=O) groups excluding carboxylic acids is 1. The molecule has 0 radical (unpaired) electrons. The Morgan fingerprint density at radius 3 is 2.88 bits per heavy atom. The largest absolute Gasteiger partial charge is 0.312 e. The Morgan fingerprint density at radius 2 is 2.19 bits per heavy atom. The standard InChI is InChI=1S/C10H7N3O3/c14-7-8-3-2-6-12(8)10-9(13(15)16)4-1-5-11-10/h1-7H. The number of nitro groups is 1. The van der Waals surface area contributed by atoms with Crippen molar-refractivity contribution in [1.82, 2.24) is 9.55 Å². The summed E-state index contributed by atoms with van der Waals surface area (Å²) in [5, 5.41) is 10.8. The van der Waals surface area contributed by atoms with E-state index in [0.29, 0.717) is 12.0 Å². The lowest BCUT2D eigenvalue weighted by Crippen LogP contribution is -2.04. The Hall–Kier alpha value is -2.50. The van der Waals surface area contributed by atoms with Gasteiger partial charge in [0.05, 0.1) is 10.6 Å². The molecular formula is C10H7N3O3. The minimum Gasteiger partial charge on any atom is -0.296 e. The number of pyridine rings is 1. The van der Waals surface area contributed by atoms with Crippen molar-refractivity contribution in [1.29, 1.82) is 0 Å². The van der Waals surface area contributed by atoms with E-state index in [1.807, 2.05) is 0 Å².